The molecule has 0 radical (unpaired) electrons. The fourth-order valence-corrected chi connectivity index (χ4v) is 2.11. The van der Waals surface area contributed by atoms with Crippen molar-refractivity contribution in [1.29, 1.82) is 0 Å². The van der Waals surface area contributed by atoms with Crippen molar-refractivity contribution < 1.29 is 9.32 Å². The number of hydrogen-bond donors (Lipinski definition) is 3. The van der Waals surface area contributed by atoms with Gasteiger partial charge in [-0.05, 0) is 25.4 Å². The van der Waals surface area contributed by atoms with E-state index in [-0.39, 0.29) is 17.8 Å². The second-order valence-electron chi connectivity index (χ2n) is 4.10. The van der Waals surface area contributed by atoms with Crippen LogP contribution in [-0.2, 0) is 6.54 Å². The van der Waals surface area contributed by atoms with E-state index < -0.39 is 0 Å². The summed E-state index contributed by atoms with van der Waals surface area (Å²) in [6, 6.07) is 0.0249. The van der Waals surface area contributed by atoms with Crippen molar-refractivity contribution in [3.05, 3.63) is 17.8 Å². The Bertz CT molecular complexity index is 550. The van der Waals surface area contributed by atoms with Crippen LogP contribution < -0.4 is 16.4 Å². The topological polar surface area (TPSA) is 119 Å². The van der Waals surface area contributed by atoms with E-state index in [0.29, 0.717) is 22.9 Å². The summed E-state index contributed by atoms with van der Waals surface area (Å²) in [7, 11) is 0. The highest BCUT2D eigenvalue weighted by atomic mass is 32.1. The van der Waals surface area contributed by atoms with E-state index in [2.05, 4.69) is 29.7 Å². The number of carbonyl (C=O) groups is 1. The van der Waals surface area contributed by atoms with Crippen LogP contribution >= 0.6 is 11.5 Å². The molecular formula is C10H14N6O2S. The Morgan fingerprint density at radius 2 is 2.37 bits per heavy atom. The minimum absolute atomic E-state index is 0.0249. The van der Waals surface area contributed by atoms with E-state index in [1.54, 1.807) is 0 Å². The summed E-state index contributed by atoms with van der Waals surface area (Å²) in [5.41, 5.74) is 6.06. The average Bonchev–Trinajstić information content (AvgIpc) is 2.94. The number of nitrogens with two attached hydrogens (primary N) is 1. The first kappa shape index (κ1) is 13.3. The predicted molar refractivity (Wildman–Crippen MR) is 70.8 cm³/mol. The number of nitrogens with zero attached hydrogens (tertiary/aromatic N) is 3. The van der Waals surface area contributed by atoms with Crippen LogP contribution in [0.5, 0.6) is 0 Å². The van der Waals surface area contributed by atoms with Gasteiger partial charge in [0.15, 0.2) is 11.6 Å². The van der Waals surface area contributed by atoms with Gasteiger partial charge in [0, 0.05) is 6.04 Å². The summed E-state index contributed by atoms with van der Waals surface area (Å²) in [6.07, 6.45) is 1.24. The molecule has 0 saturated heterocycles. The number of carbonyl (C=O) groups excluding carboxylic acids is 1. The lowest BCUT2D eigenvalue weighted by Gasteiger charge is -2.09. The molecule has 0 aliphatic carbocycles. The maximum absolute atomic E-state index is 12.0. The summed E-state index contributed by atoms with van der Waals surface area (Å²) in [4.78, 5) is 15.9. The lowest BCUT2D eigenvalue weighted by Crippen LogP contribution is -2.30. The highest BCUT2D eigenvalue weighted by Gasteiger charge is 2.19. The normalized spacial score (nSPS) is 10.7. The molecule has 1 amide bonds. The van der Waals surface area contributed by atoms with E-state index in [1.165, 1.54) is 6.39 Å². The molecule has 0 aromatic carbocycles. The Balaban J connectivity index is 2.10. The SMILES string of the molecule is CC(C)NC(=O)c1c(N)nsc1NCc1ncon1. The van der Waals surface area contributed by atoms with Gasteiger partial charge in [0.2, 0.25) is 6.39 Å². The lowest BCUT2D eigenvalue weighted by atomic mass is 10.2. The zero-order valence-electron chi connectivity index (χ0n) is 10.5. The van der Waals surface area contributed by atoms with Gasteiger partial charge in [0.25, 0.3) is 5.91 Å². The largest absolute Gasteiger partial charge is 0.382 e. The van der Waals surface area contributed by atoms with Crippen molar-refractivity contribution in [2.45, 2.75) is 26.4 Å². The number of rotatable bonds is 5. The molecule has 2 heterocycles. The molecule has 0 fully saturated rings. The molecule has 2 aromatic heterocycles. The molecule has 0 bridgehead atoms. The van der Waals surface area contributed by atoms with Crippen LogP contribution in [0.1, 0.15) is 30.0 Å². The first-order valence-electron chi connectivity index (χ1n) is 5.63. The summed E-state index contributed by atoms with van der Waals surface area (Å²) in [5, 5.41) is 10.0. The third-order valence-corrected chi connectivity index (χ3v) is 3.00. The molecule has 0 saturated carbocycles. The highest BCUT2D eigenvalue weighted by Crippen LogP contribution is 2.27. The van der Waals surface area contributed by atoms with Gasteiger partial charge in [-0.25, -0.2) is 0 Å². The fourth-order valence-electron chi connectivity index (χ4n) is 1.41. The maximum atomic E-state index is 12.0. The standard InChI is InChI=1S/C10H14N6O2S/c1-5(2)14-9(17)7-8(11)16-19-10(7)12-3-6-13-4-18-15-6/h4-5,12H,3H2,1-2H3,(H2,11,16)(H,14,17). The van der Waals surface area contributed by atoms with Crippen LogP contribution in [0.3, 0.4) is 0 Å². The van der Waals surface area contributed by atoms with E-state index in [9.17, 15) is 4.79 Å². The molecular weight excluding hydrogens is 268 g/mol. The summed E-state index contributed by atoms with van der Waals surface area (Å²) >= 11 is 1.12. The summed E-state index contributed by atoms with van der Waals surface area (Å²) in [6.45, 7) is 4.08. The van der Waals surface area contributed by atoms with Crippen molar-refractivity contribution in [3.63, 3.8) is 0 Å². The van der Waals surface area contributed by atoms with Gasteiger partial charge in [-0.15, -0.1) is 0 Å². The smallest absolute Gasteiger partial charge is 0.258 e. The Labute approximate surface area is 113 Å². The van der Waals surface area contributed by atoms with Gasteiger partial charge >= 0.3 is 0 Å². The number of anilines is 2. The molecule has 2 rings (SSSR count). The quantitative estimate of drug-likeness (QED) is 0.744. The Morgan fingerprint density at radius 1 is 1.58 bits per heavy atom. The molecule has 0 unspecified atom stereocenters. The second-order valence-corrected chi connectivity index (χ2v) is 4.87. The minimum Gasteiger partial charge on any atom is -0.382 e. The van der Waals surface area contributed by atoms with Gasteiger partial charge in [-0.2, -0.15) is 9.36 Å². The fraction of sp³-hybridized carbons (Fsp3) is 0.400. The molecule has 8 nitrogen and oxygen atoms in total. The molecule has 0 aliphatic rings. The number of nitrogen functional groups attached to an aromatic ring is 1. The van der Waals surface area contributed by atoms with Crippen molar-refractivity contribution >= 4 is 28.3 Å². The molecule has 9 heteroatoms. The molecule has 2 aromatic rings. The van der Waals surface area contributed by atoms with Gasteiger partial charge < -0.3 is 20.9 Å². The number of aromatic nitrogens is 3. The number of hydrogen-bond acceptors (Lipinski definition) is 8. The van der Waals surface area contributed by atoms with Crippen molar-refractivity contribution in [2.24, 2.45) is 0 Å². The maximum Gasteiger partial charge on any atom is 0.258 e. The molecule has 4 N–H and O–H groups in total. The molecule has 19 heavy (non-hydrogen) atoms. The highest BCUT2D eigenvalue weighted by molar-refractivity contribution is 7.11. The van der Waals surface area contributed by atoms with Crippen molar-refractivity contribution in [1.82, 2.24) is 19.8 Å². The predicted octanol–water partition coefficient (Wildman–Crippen LogP) is 0.859. The van der Waals surface area contributed by atoms with Crippen molar-refractivity contribution in [2.75, 3.05) is 11.1 Å². The summed E-state index contributed by atoms with van der Waals surface area (Å²) in [5.74, 6) is 0.442. The number of nitrogens with one attached hydrogen (secondary N) is 2. The van der Waals surface area contributed by atoms with E-state index in [4.69, 9.17) is 5.73 Å². The molecule has 0 aliphatic heterocycles. The van der Waals surface area contributed by atoms with Gasteiger partial charge in [-0.3, -0.25) is 4.79 Å². The van der Waals surface area contributed by atoms with Crippen molar-refractivity contribution in [3.8, 4) is 0 Å². The van der Waals surface area contributed by atoms with Crippen LogP contribution in [0.25, 0.3) is 0 Å². The Hall–Kier alpha value is -2.16. The van der Waals surface area contributed by atoms with Gasteiger partial charge in [-0.1, -0.05) is 5.16 Å². The first-order chi connectivity index (χ1) is 9.08. The first-order valence-corrected chi connectivity index (χ1v) is 6.40. The van der Waals surface area contributed by atoms with E-state index in [1.807, 2.05) is 13.8 Å². The van der Waals surface area contributed by atoms with Crippen LogP contribution in [0, 0.1) is 0 Å². The van der Waals surface area contributed by atoms with Crippen LogP contribution in [-0.4, -0.2) is 26.5 Å². The van der Waals surface area contributed by atoms with Crippen LogP contribution in [0.4, 0.5) is 10.8 Å². The lowest BCUT2D eigenvalue weighted by molar-refractivity contribution is 0.0945. The minimum atomic E-state index is -0.253. The zero-order chi connectivity index (χ0) is 13.8. The monoisotopic (exact) mass is 282 g/mol. The van der Waals surface area contributed by atoms with Gasteiger partial charge in [0.1, 0.15) is 10.6 Å². The third kappa shape index (κ3) is 3.19. The molecule has 0 atom stereocenters. The molecule has 0 spiro atoms. The van der Waals surface area contributed by atoms with Gasteiger partial charge in [0.05, 0.1) is 6.54 Å². The molecule has 102 valence electrons. The third-order valence-electron chi connectivity index (χ3n) is 2.18. The van der Waals surface area contributed by atoms with Crippen LogP contribution in [0.2, 0.25) is 0 Å². The zero-order valence-corrected chi connectivity index (χ0v) is 11.3. The average molecular weight is 282 g/mol. The van der Waals surface area contributed by atoms with Crippen LogP contribution in [0.15, 0.2) is 10.9 Å². The number of amides is 1. The summed E-state index contributed by atoms with van der Waals surface area (Å²) < 4.78 is 8.60. The Morgan fingerprint density at radius 3 is 3.00 bits per heavy atom. The Kier molecular flexibility index (Phi) is 3.95. The second kappa shape index (κ2) is 5.65. The van der Waals surface area contributed by atoms with E-state index in [0.717, 1.165) is 11.5 Å². The van der Waals surface area contributed by atoms with E-state index >= 15 is 0 Å².